The van der Waals surface area contributed by atoms with Crippen LogP contribution in [0.25, 0.3) is 0 Å². The summed E-state index contributed by atoms with van der Waals surface area (Å²) in [6, 6.07) is 6.81. The predicted octanol–water partition coefficient (Wildman–Crippen LogP) is 3.32. The number of hydrogen-bond donors (Lipinski definition) is 1. The second-order valence-electron chi connectivity index (χ2n) is 8.17. The summed E-state index contributed by atoms with van der Waals surface area (Å²) in [5.74, 6) is -3.14. The molecule has 1 aliphatic heterocycles. The van der Waals surface area contributed by atoms with Crippen molar-refractivity contribution in [2.45, 2.75) is 43.5 Å². The normalized spacial score (nSPS) is 16.5. The van der Waals surface area contributed by atoms with Gasteiger partial charge >= 0.3 is 0 Å². The van der Waals surface area contributed by atoms with Crippen molar-refractivity contribution in [3.63, 3.8) is 0 Å². The van der Waals surface area contributed by atoms with Crippen molar-refractivity contribution in [3.8, 4) is 0 Å². The van der Waals surface area contributed by atoms with Crippen LogP contribution in [0.2, 0.25) is 0 Å². The summed E-state index contributed by atoms with van der Waals surface area (Å²) in [5, 5.41) is 2.54. The molecule has 0 radical (unpaired) electrons. The summed E-state index contributed by atoms with van der Waals surface area (Å²) in [5.41, 5.74) is 0.0494. The summed E-state index contributed by atoms with van der Waals surface area (Å²) in [6.45, 7) is 2.23. The van der Waals surface area contributed by atoms with Crippen molar-refractivity contribution in [1.82, 2.24) is 4.31 Å². The number of rotatable bonds is 7. The molecule has 1 saturated heterocycles. The fourth-order valence-corrected chi connectivity index (χ4v) is 6.50. The Morgan fingerprint density at radius 3 is 2.06 bits per heavy atom. The van der Waals surface area contributed by atoms with E-state index in [9.17, 15) is 30.4 Å². The monoisotopic (exact) mass is 515 g/mol. The number of hydrogen-bond acceptors (Lipinski definition) is 5. The third-order valence-corrected chi connectivity index (χ3v) is 8.73. The van der Waals surface area contributed by atoms with Crippen LogP contribution in [0.4, 0.5) is 20.2 Å². The van der Waals surface area contributed by atoms with Crippen molar-refractivity contribution in [3.05, 3.63) is 54.1 Å². The van der Waals surface area contributed by atoms with Gasteiger partial charge in [0, 0.05) is 24.8 Å². The van der Waals surface area contributed by atoms with Crippen LogP contribution in [0.3, 0.4) is 0 Å². The maximum atomic E-state index is 13.7. The lowest BCUT2D eigenvalue weighted by Gasteiger charge is -2.28. The third kappa shape index (κ3) is 5.91. The Morgan fingerprint density at radius 2 is 1.53 bits per heavy atom. The average molecular weight is 516 g/mol. The quantitative estimate of drug-likeness (QED) is 0.609. The molecule has 8 nitrogen and oxygen atoms in total. The van der Waals surface area contributed by atoms with E-state index in [1.807, 2.05) is 0 Å². The van der Waals surface area contributed by atoms with Crippen LogP contribution in [-0.2, 0) is 24.8 Å². The van der Waals surface area contributed by atoms with Gasteiger partial charge in [-0.05, 0) is 56.2 Å². The first kappa shape index (κ1) is 26.0. The van der Waals surface area contributed by atoms with Crippen molar-refractivity contribution in [2.24, 2.45) is 0 Å². The molecule has 0 saturated carbocycles. The molecule has 0 aliphatic carbocycles. The molecule has 34 heavy (non-hydrogen) atoms. The highest BCUT2D eigenvalue weighted by Crippen LogP contribution is 2.25. The van der Waals surface area contributed by atoms with E-state index < -0.39 is 43.6 Å². The molecule has 2 aromatic carbocycles. The van der Waals surface area contributed by atoms with Gasteiger partial charge in [-0.1, -0.05) is 12.8 Å². The first-order chi connectivity index (χ1) is 15.9. The van der Waals surface area contributed by atoms with Gasteiger partial charge in [0.1, 0.15) is 6.04 Å². The minimum absolute atomic E-state index is 0.0972. The third-order valence-electron chi connectivity index (χ3n) is 5.57. The van der Waals surface area contributed by atoms with E-state index in [0.29, 0.717) is 23.5 Å². The number of amides is 1. The molecular weight excluding hydrogens is 488 g/mol. The summed E-state index contributed by atoms with van der Waals surface area (Å²) in [7, 11) is -7.68. The van der Waals surface area contributed by atoms with E-state index in [0.717, 1.165) is 44.1 Å². The van der Waals surface area contributed by atoms with Crippen LogP contribution >= 0.6 is 0 Å². The zero-order valence-electron chi connectivity index (χ0n) is 18.9. The molecule has 1 N–H and O–H groups in total. The molecule has 1 heterocycles. The maximum absolute atomic E-state index is 13.7. The molecule has 0 spiro atoms. The maximum Gasteiger partial charge on any atom is 0.247 e. The van der Waals surface area contributed by atoms with Crippen LogP contribution in [0, 0.1) is 11.6 Å². The van der Waals surface area contributed by atoms with Crippen molar-refractivity contribution < 1.29 is 30.4 Å². The fraction of sp³-hybridized carbons (Fsp3) is 0.409. The number of halogens is 2. The largest absolute Gasteiger partial charge is 0.324 e. The standard InChI is InChI=1S/C22H27F2N3O5S2/c1-16(27(33(2,29)30)18-9-12-20(23)21(24)15-18)22(28)25-17-7-10-19(11-8-17)34(31,32)26-13-5-3-4-6-14-26/h7-12,15-16H,3-6,13-14H2,1-2H3,(H,25,28)/t16-/m1/s1. The number of nitrogens with one attached hydrogen (secondary N) is 1. The van der Waals surface area contributed by atoms with Gasteiger partial charge < -0.3 is 5.32 Å². The molecular formula is C22H27F2N3O5S2. The Bertz CT molecular complexity index is 1240. The Balaban J connectivity index is 1.78. The summed E-state index contributed by atoms with van der Waals surface area (Å²) in [6.07, 6.45) is 4.44. The van der Waals surface area contributed by atoms with E-state index in [4.69, 9.17) is 0 Å². The Labute approximate surface area is 198 Å². The van der Waals surface area contributed by atoms with Gasteiger partial charge in [0.05, 0.1) is 16.8 Å². The molecule has 1 fully saturated rings. The fourth-order valence-electron chi connectivity index (χ4n) is 3.82. The molecule has 1 atom stereocenters. The summed E-state index contributed by atoms with van der Waals surface area (Å²) < 4.78 is 79.5. The first-order valence-corrected chi connectivity index (χ1v) is 14.1. The highest BCUT2D eigenvalue weighted by molar-refractivity contribution is 7.92. The summed E-state index contributed by atoms with van der Waals surface area (Å²) >= 11 is 0. The Kier molecular flexibility index (Phi) is 7.94. The van der Waals surface area contributed by atoms with E-state index >= 15 is 0 Å². The van der Waals surface area contributed by atoms with Gasteiger partial charge in [0.25, 0.3) is 0 Å². The number of anilines is 2. The van der Waals surface area contributed by atoms with E-state index in [1.54, 1.807) is 0 Å². The highest BCUT2D eigenvalue weighted by Gasteiger charge is 2.30. The zero-order valence-corrected chi connectivity index (χ0v) is 20.5. The van der Waals surface area contributed by atoms with E-state index in [2.05, 4.69) is 5.32 Å². The molecule has 12 heteroatoms. The molecule has 2 aromatic rings. The lowest BCUT2D eigenvalue weighted by molar-refractivity contribution is -0.116. The predicted molar refractivity (Wildman–Crippen MR) is 125 cm³/mol. The molecule has 1 aliphatic rings. The van der Waals surface area contributed by atoms with Gasteiger partial charge in [0.2, 0.25) is 26.0 Å². The van der Waals surface area contributed by atoms with Gasteiger partial charge in [-0.3, -0.25) is 9.10 Å². The number of benzene rings is 2. The van der Waals surface area contributed by atoms with Crippen LogP contribution in [0.1, 0.15) is 32.6 Å². The number of sulfonamides is 2. The SMILES string of the molecule is C[C@H](C(=O)Nc1ccc(S(=O)(=O)N2CCCCCC2)cc1)N(c1ccc(F)c(F)c1)S(C)(=O)=O. The lowest BCUT2D eigenvalue weighted by Crippen LogP contribution is -2.45. The molecule has 186 valence electrons. The van der Waals surface area contributed by atoms with Crippen LogP contribution in [0.15, 0.2) is 47.4 Å². The van der Waals surface area contributed by atoms with Crippen molar-refractivity contribution >= 4 is 37.3 Å². The molecule has 0 aromatic heterocycles. The number of carbonyl (C=O) groups excluding carboxylic acids is 1. The topological polar surface area (TPSA) is 104 Å². The zero-order chi connectivity index (χ0) is 25.1. The molecule has 3 rings (SSSR count). The van der Waals surface area contributed by atoms with Gasteiger partial charge in [-0.2, -0.15) is 4.31 Å². The van der Waals surface area contributed by atoms with Crippen molar-refractivity contribution in [2.75, 3.05) is 29.0 Å². The van der Waals surface area contributed by atoms with Crippen LogP contribution in [0.5, 0.6) is 0 Å². The minimum atomic E-state index is -4.03. The minimum Gasteiger partial charge on any atom is -0.324 e. The van der Waals surface area contributed by atoms with E-state index in [1.165, 1.54) is 35.5 Å². The molecule has 1 amide bonds. The van der Waals surface area contributed by atoms with Crippen molar-refractivity contribution in [1.29, 1.82) is 0 Å². The first-order valence-electron chi connectivity index (χ1n) is 10.8. The molecule has 0 unspecified atom stereocenters. The smallest absolute Gasteiger partial charge is 0.247 e. The number of nitrogens with zero attached hydrogens (tertiary/aromatic N) is 2. The lowest BCUT2D eigenvalue weighted by atomic mass is 10.2. The van der Waals surface area contributed by atoms with E-state index in [-0.39, 0.29) is 16.3 Å². The second-order valence-corrected chi connectivity index (χ2v) is 12.0. The van der Waals surface area contributed by atoms with Gasteiger partial charge in [0.15, 0.2) is 11.6 Å². The Hall–Kier alpha value is -2.57. The Morgan fingerprint density at radius 1 is 0.941 bits per heavy atom. The second kappa shape index (κ2) is 10.4. The van der Waals surface area contributed by atoms with Gasteiger partial charge in [-0.15, -0.1) is 0 Å². The highest BCUT2D eigenvalue weighted by atomic mass is 32.2. The van der Waals surface area contributed by atoms with Crippen LogP contribution < -0.4 is 9.62 Å². The summed E-state index contributed by atoms with van der Waals surface area (Å²) in [4.78, 5) is 12.9. The number of carbonyl (C=O) groups is 1. The average Bonchev–Trinajstić information content (AvgIpc) is 3.06. The van der Waals surface area contributed by atoms with Crippen LogP contribution in [-0.4, -0.2) is 52.4 Å². The van der Waals surface area contributed by atoms with Gasteiger partial charge in [-0.25, -0.2) is 25.6 Å². The molecule has 0 bridgehead atoms.